The largest absolute Gasteiger partial charge is 0.391 e. The zero-order valence-electron chi connectivity index (χ0n) is 11.5. The molecule has 2 atom stereocenters. The molecule has 0 aromatic carbocycles. The number of likely N-dealkylation sites (N-methyl/N-ethyl adjacent to an activating group) is 1. The minimum atomic E-state index is -0.138. The maximum atomic E-state index is 10.0. The van der Waals surface area contributed by atoms with Crippen molar-refractivity contribution in [3.8, 4) is 0 Å². The minimum Gasteiger partial charge on any atom is -0.391 e. The van der Waals surface area contributed by atoms with Crippen molar-refractivity contribution in [2.75, 3.05) is 13.6 Å². The van der Waals surface area contributed by atoms with Crippen LogP contribution < -0.4 is 0 Å². The Morgan fingerprint density at radius 1 is 1.47 bits per heavy atom. The summed E-state index contributed by atoms with van der Waals surface area (Å²) in [6.07, 6.45) is 6.47. The molecule has 1 aliphatic rings. The third-order valence-corrected chi connectivity index (χ3v) is 5.13. The molecule has 19 heavy (non-hydrogen) atoms. The van der Waals surface area contributed by atoms with E-state index in [1.807, 2.05) is 5.38 Å². The molecule has 0 bridgehead atoms. The Bertz CT molecular complexity index is 385. The van der Waals surface area contributed by atoms with Gasteiger partial charge in [-0.3, -0.25) is 0 Å². The van der Waals surface area contributed by atoms with Crippen molar-refractivity contribution >= 4 is 22.9 Å². The fourth-order valence-electron chi connectivity index (χ4n) is 2.78. The third-order valence-electron chi connectivity index (χ3n) is 3.90. The van der Waals surface area contributed by atoms with E-state index in [-0.39, 0.29) is 6.10 Å². The van der Waals surface area contributed by atoms with Crippen molar-refractivity contribution in [1.82, 2.24) is 9.88 Å². The standard InChI is InChI=1S/C14H23ClN2OS/c1-17(12-5-2-3-6-13(12)18)8-4-7-14-16-11(9-15)10-19-14/h10,12-13,18H,2-9H2,1H3. The van der Waals surface area contributed by atoms with Gasteiger partial charge in [-0.2, -0.15) is 0 Å². The number of rotatable bonds is 6. The fourth-order valence-corrected chi connectivity index (χ4v) is 3.85. The van der Waals surface area contributed by atoms with Crippen molar-refractivity contribution in [3.05, 3.63) is 16.1 Å². The van der Waals surface area contributed by atoms with Crippen LogP contribution in [0.25, 0.3) is 0 Å². The Hall–Kier alpha value is -0.160. The van der Waals surface area contributed by atoms with E-state index in [1.165, 1.54) is 17.8 Å². The first-order chi connectivity index (χ1) is 9.20. The van der Waals surface area contributed by atoms with Crippen LogP contribution in [-0.4, -0.2) is 40.7 Å². The second-order valence-electron chi connectivity index (χ2n) is 5.37. The molecule has 0 amide bonds. The highest BCUT2D eigenvalue weighted by atomic mass is 35.5. The van der Waals surface area contributed by atoms with E-state index in [0.29, 0.717) is 11.9 Å². The van der Waals surface area contributed by atoms with Crippen molar-refractivity contribution in [2.45, 2.75) is 56.6 Å². The number of hydrogen-bond acceptors (Lipinski definition) is 4. The predicted octanol–water partition coefficient (Wildman–Crippen LogP) is 3.05. The van der Waals surface area contributed by atoms with Crippen LogP contribution >= 0.6 is 22.9 Å². The molecule has 2 rings (SSSR count). The SMILES string of the molecule is CN(CCCc1nc(CCl)cs1)C1CCCCC1O. The van der Waals surface area contributed by atoms with E-state index in [0.717, 1.165) is 37.9 Å². The quantitative estimate of drug-likeness (QED) is 0.821. The highest BCUT2D eigenvalue weighted by molar-refractivity contribution is 7.09. The number of aryl methyl sites for hydroxylation is 1. The highest BCUT2D eigenvalue weighted by Gasteiger charge is 2.26. The van der Waals surface area contributed by atoms with E-state index in [1.54, 1.807) is 11.3 Å². The zero-order valence-corrected chi connectivity index (χ0v) is 13.1. The summed E-state index contributed by atoms with van der Waals surface area (Å²) < 4.78 is 0. The van der Waals surface area contributed by atoms with Crippen LogP contribution in [0.4, 0.5) is 0 Å². The molecule has 1 aromatic heterocycles. The smallest absolute Gasteiger partial charge is 0.0929 e. The lowest BCUT2D eigenvalue weighted by Crippen LogP contribution is -2.43. The van der Waals surface area contributed by atoms with Gasteiger partial charge >= 0.3 is 0 Å². The van der Waals surface area contributed by atoms with Crippen molar-refractivity contribution < 1.29 is 5.11 Å². The van der Waals surface area contributed by atoms with Crippen LogP contribution in [0, 0.1) is 0 Å². The van der Waals surface area contributed by atoms with Gasteiger partial charge in [-0.25, -0.2) is 4.98 Å². The maximum absolute atomic E-state index is 10.0. The van der Waals surface area contributed by atoms with Crippen LogP contribution in [0.2, 0.25) is 0 Å². The Morgan fingerprint density at radius 2 is 2.26 bits per heavy atom. The molecule has 0 spiro atoms. The molecule has 108 valence electrons. The molecule has 2 unspecified atom stereocenters. The second-order valence-corrected chi connectivity index (χ2v) is 6.58. The van der Waals surface area contributed by atoms with Crippen LogP contribution in [-0.2, 0) is 12.3 Å². The number of aliphatic hydroxyl groups is 1. The molecule has 5 heteroatoms. The van der Waals surface area contributed by atoms with E-state index in [2.05, 4.69) is 16.9 Å². The summed E-state index contributed by atoms with van der Waals surface area (Å²) in [6, 6.07) is 0.350. The molecule has 1 heterocycles. The molecule has 1 N–H and O–H groups in total. The molecular weight excluding hydrogens is 280 g/mol. The molecule has 0 aliphatic heterocycles. The van der Waals surface area contributed by atoms with Crippen molar-refractivity contribution in [2.24, 2.45) is 0 Å². The summed E-state index contributed by atoms with van der Waals surface area (Å²) in [5.41, 5.74) is 0.984. The van der Waals surface area contributed by atoms with Gasteiger partial charge in [0, 0.05) is 17.8 Å². The molecule has 0 radical (unpaired) electrons. The third kappa shape index (κ3) is 4.42. The Labute approximate surface area is 124 Å². The number of thiazole rings is 1. The van der Waals surface area contributed by atoms with Crippen molar-refractivity contribution in [1.29, 1.82) is 0 Å². The Balaban J connectivity index is 1.72. The van der Waals surface area contributed by atoms with E-state index in [9.17, 15) is 5.11 Å². The van der Waals surface area contributed by atoms with Gasteiger partial charge < -0.3 is 10.0 Å². The second kappa shape index (κ2) is 7.58. The van der Waals surface area contributed by atoms with E-state index in [4.69, 9.17) is 11.6 Å². The maximum Gasteiger partial charge on any atom is 0.0929 e. The van der Waals surface area contributed by atoms with Gasteiger partial charge in [-0.1, -0.05) is 12.8 Å². The lowest BCUT2D eigenvalue weighted by Gasteiger charge is -2.35. The van der Waals surface area contributed by atoms with E-state index >= 15 is 0 Å². The first kappa shape index (κ1) is 15.2. The van der Waals surface area contributed by atoms with Gasteiger partial charge in [-0.05, 0) is 32.9 Å². The topological polar surface area (TPSA) is 36.4 Å². The first-order valence-corrected chi connectivity index (χ1v) is 8.49. The van der Waals surface area contributed by atoms with Gasteiger partial charge in [-0.15, -0.1) is 22.9 Å². The number of aliphatic hydroxyl groups excluding tert-OH is 1. The average Bonchev–Trinajstić information content (AvgIpc) is 2.87. The summed E-state index contributed by atoms with van der Waals surface area (Å²) in [6.45, 7) is 1.03. The summed E-state index contributed by atoms with van der Waals surface area (Å²) in [5, 5.41) is 13.2. The summed E-state index contributed by atoms with van der Waals surface area (Å²) >= 11 is 7.45. The molecule has 1 saturated carbocycles. The van der Waals surface area contributed by atoms with Crippen LogP contribution in [0.15, 0.2) is 5.38 Å². The van der Waals surface area contributed by atoms with Crippen LogP contribution in [0.3, 0.4) is 0 Å². The molecule has 1 fully saturated rings. The van der Waals surface area contributed by atoms with Crippen LogP contribution in [0.1, 0.15) is 42.8 Å². The molecule has 0 saturated heterocycles. The molecular formula is C14H23ClN2OS. The number of halogens is 1. The van der Waals surface area contributed by atoms with Gasteiger partial charge in [0.05, 0.1) is 22.7 Å². The Kier molecular flexibility index (Phi) is 6.07. The van der Waals surface area contributed by atoms with Gasteiger partial charge in [0.2, 0.25) is 0 Å². The lowest BCUT2D eigenvalue weighted by atomic mass is 9.91. The summed E-state index contributed by atoms with van der Waals surface area (Å²) in [5.74, 6) is 0.505. The van der Waals surface area contributed by atoms with Crippen molar-refractivity contribution in [3.63, 3.8) is 0 Å². The lowest BCUT2D eigenvalue weighted by molar-refractivity contribution is 0.0319. The van der Waals surface area contributed by atoms with Gasteiger partial charge in [0.15, 0.2) is 0 Å². The molecule has 1 aliphatic carbocycles. The van der Waals surface area contributed by atoms with Gasteiger partial charge in [0.25, 0.3) is 0 Å². The highest BCUT2D eigenvalue weighted by Crippen LogP contribution is 2.22. The number of nitrogens with zero attached hydrogens (tertiary/aromatic N) is 2. The first-order valence-electron chi connectivity index (χ1n) is 7.08. The normalized spacial score (nSPS) is 24.0. The van der Waals surface area contributed by atoms with Gasteiger partial charge in [0.1, 0.15) is 0 Å². The monoisotopic (exact) mass is 302 g/mol. The summed E-state index contributed by atoms with van der Waals surface area (Å²) in [7, 11) is 2.13. The number of hydrogen-bond donors (Lipinski definition) is 1. The van der Waals surface area contributed by atoms with Crippen LogP contribution in [0.5, 0.6) is 0 Å². The fraction of sp³-hybridized carbons (Fsp3) is 0.786. The molecule has 3 nitrogen and oxygen atoms in total. The number of alkyl halides is 1. The minimum absolute atomic E-state index is 0.138. The average molecular weight is 303 g/mol. The predicted molar refractivity (Wildman–Crippen MR) is 80.9 cm³/mol. The molecule has 1 aromatic rings. The zero-order chi connectivity index (χ0) is 13.7. The van der Waals surface area contributed by atoms with E-state index < -0.39 is 0 Å². The number of aromatic nitrogens is 1. The summed E-state index contributed by atoms with van der Waals surface area (Å²) in [4.78, 5) is 6.79. The Morgan fingerprint density at radius 3 is 2.95 bits per heavy atom.